The number of piperazine rings is 1. The van der Waals surface area contributed by atoms with Gasteiger partial charge in [-0.15, -0.1) is 11.3 Å². The molecule has 6 nitrogen and oxygen atoms in total. The van der Waals surface area contributed by atoms with Gasteiger partial charge in [-0.1, -0.05) is 41.9 Å². The third-order valence-corrected chi connectivity index (χ3v) is 9.45. The van der Waals surface area contributed by atoms with E-state index in [2.05, 4.69) is 71.2 Å². The van der Waals surface area contributed by atoms with E-state index in [0.29, 0.717) is 5.02 Å². The average molecular weight is 627 g/mol. The Morgan fingerprint density at radius 3 is 2.34 bits per heavy atom. The van der Waals surface area contributed by atoms with E-state index in [-0.39, 0.29) is 6.61 Å². The fraction of sp³-hybridized carbons (Fsp3) is 0.333. The number of aliphatic hydroxyl groups excluding tert-OH is 1. The van der Waals surface area contributed by atoms with E-state index in [9.17, 15) is 5.11 Å². The summed E-state index contributed by atoms with van der Waals surface area (Å²) < 4.78 is 7.46. The van der Waals surface area contributed by atoms with Crippen molar-refractivity contribution in [3.05, 3.63) is 89.1 Å². The number of hydrogen-bond donors (Lipinski definition) is 1. The minimum Gasteiger partial charge on any atom is -0.393 e. The fourth-order valence-electron chi connectivity index (χ4n) is 5.91. The zero-order valence-corrected chi connectivity index (χ0v) is 27.5. The summed E-state index contributed by atoms with van der Waals surface area (Å²) in [5, 5.41) is 12.1. The van der Waals surface area contributed by atoms with Crippen molar-refractivity contribution in [3.63, 3.8) is 0 Å². The van der Waals surface area contributed by atoms with Crippen LogP contribution in [0.2, 0.25) is 5.02 Å². The van der Waals surface area contributed by atoms with Crippen molar-refractivity contribution in [2.45, 2.75) is 39.4 Å². The Morgan fingerprint density at radius 2 is 1.64 bits per heavy atom. The molecule has 8 heteroatoms. The topological polar surface area (TPSA) is 61.7 Å². The summed E-state index contributed by atoms with van der Waals surface area (Å²) in [7, 11) is 2.17. The summed E-state index contributed by atoms with van der Waals surface area (Å²) in [6, 6.07) is 22.9. The first-order valence-corrected chi connectivity index (χ1v) is 16.3. The number of pyridine rings is 1. The van der Waals surface area contributed by atoms with Crippen molar-refractivity contribution in [3.8, 4) is 32.8 Å². The molecule has 5 aromatic rings. The Hall–Kier alpha value is -3.33. The minimum atomic E-state index is -0.486. The maximum absolute atomic E-state index is 10.5. The molecule has 1 N–H and O–H groups in total. The summed E-state index contributed by atoms with van der Waals surface area (Å²) in [4.78, 5) is 14.5. The van der Waals surface area contributed by atoms with E-state index in [4.69, 9.17) is 21.3 Å². The monoisotopic (exact) mass is 626 g/mol. The highest BCUT2D eigenvalue weighted by Crippen LogP contribution is 2.44. The predicted molar refractivity (Wildman–Crippen MR) is 184 cm³/mol. The summed E-state index contributed by atoms with van der Waals surface area (Å²) in [5.74, 6) is 1.02. The Balaban J connectivity index is 1.44. The molecule has 228 valence electrons. The molecule has 0 aliphatic carbocycles. The Kier molecular flexibility index (Phi) is 8.77. The van der Waals surface area contributed by atoms with Crippen LogP contribution < -0.4 is 4.90 Å². The van der Waals surface area contributed by atoms with E-state index in [1.807, 2.05) is 51.2 Å². The standard InChI is InChI=1S/C36H39ClN4O2S/c1-23-19-29-34(33(24-9-11-28(37)12-10-24)32(23)30(22-42)43-36(2,3)4)44-35(39-29)27-8-6-7-25(20-27)26-13-14-38-31(21-26)41-17-15-40(5)16-18-41/h6-14,19-21,30,42H,15-18,22H2,1-5H3. The van der Waals surface area contributed by atoms with Gasteiger partial charge in [0.05, 0.1) is 22.4 Å². The van der Waals surface area contributed by atoms with Crippen LogP contribution in [0, 0.1) is 6.92 Å². The van der Waals surface area contributed by atoms with Gasteiger partial charge in [-0.25, -0.2) is 9.97 Å². The first-order chi connectivity index (χ1) is 21.1. The lowest BCUT2D eigenvalue weighted by Crippen LogP contribution is -2.44. The van der Waals surface area contributed by atoms with Crippen LogP contribution in [0.1, 0.15) is 38.0 Å². The van der Waals surface area contributed by atoms with Crippen LogP contribution in [0.25, 0.3) is 43.0 Å². The molecule has 1 unspecified atom stereocenters. The highest BCUT2D eigenvalue weighted by atomic mass is 35.5. The number of benzene rings is 3. The number of ether oxygens (including phenoxy) is 1. The SMILES string of the molecule is Cc1cc2nc(-c3cccc(-c4ccnc(N5CCN(C)CC5)c4)c3)sc2c(-c2ccc(Cl)cc2)c1C(CO)OC(C)(C)C. The van der Waals surface area contributed by atoms with Crippen LogP contribution in [0.4, 0.5) is 5.82 Å². The Labute approximate surface area is 268 Å². The van der Waals surface area contributed by atoms with Gasteiger partial charge in [-0.3, -0.25) is 0 Å². The van der Waals surface area contributed by atoms with Crippen molar-refractivity contribution in [1.29, 1.82) is 0 Å². The number of likely N-dealkylation sites (N-methyl/N-ethyl adjacent to an activating group) is 1. The number of anilines is 1. The molecule has 1 atom stereocenters. The summed E-state index contributed by atoms with van der Waals surface area (Å²) in [5.41, 5.74) is 7.90. The van der Waals surface area contributed by atoms with Crippen molar-refractivity contribution >= 4 is 39.0 Å². The quantitative estimate of drug-likeness (QED) is 0.196. The normalized spacial score (nSPS) is 15.2. The van der Waals surface area contributed by atoms with Crippen molar-refractivity contribution in [2.75, 3.05) is 44.7 Å². The molecular weight excluding hydrogens is 588 g/mol. The molecule has 1 aliphatic rings. The molecule has 3 aromatic carbocycles. The number of rotatable bonds is 7. The van der Waals surface area contributed by atoms with E-state index in [1.54, 1.807) is 11.3 Å². The highest BCUT2D eigenvalue weighted by Gasteiger charge is 2.27. The molecule has 0 radical (unpaired) electrons. The molecular formula is C36H39ClN4O2S. The molecule has 44 heavy (non-hydrogen) atoms. The van der Waals surface area contributed by atoms with Crippen LogP contribution in [0.5, 0.6) is 0 Å². The number of nitrogens with zero attached hydrogens (tertiary/aromatic N) is 4. The van der Waals surface area contributed by atoms with Crippen molar-refractivity contribution in [2.24, 2.45) is 0 Å². The first kappa shape index (κ1) is 30.7. The number of aliphatic hydroxyl groups is 1. The predicted octanol–water partition coefficient (Wildman–Crippen LogP) is 8.25. The Morgan fingerprint density at radius 1 is 0.932 bits per heavy atom. The first-order valence-electron chi connectivity index (χ1n) is 15.1. The second-order valence-corrected chi connectivity index (χ2v) is 14.0. The van der Waals surface area contributed by atoms with Gasteiger partial charge in [-0.05, 0) is 99.0 Å². The molecule has 1 saturated heterocycles. The van der Waals surface area contributed by atoms with Gasteiger partial charge in [-0.2, -0.15) is 0 Å². The van der Waals surface area contributed by atoms with E-state index >= 15 is 0 Å². The zero-order chi connectivity index (χ0) is 31.0. The third-order valence-electron chi connectivity index (χ3n) is 8.06. The van der Waals surface area contributed by atoms with Crippen molar-refractivity contribution < 1.29 is 9.84 Å². The maximum Gasteiger partial charge on any atom is 0.129 e. The van der Waals surface area contributed by atoms with Gasteiger partial charge in [0.2, 0.25) is 0 Å². The van der Waals surface area contributed by atoms with Gasteiger partial charge in [0, 0.05) is 48.5 Å². The van der Waals surface area contributed by atoms with Gasteiger partial charge < -0.3 is 19.6 Å². The molecule has 0 saturated carbocycles. The lowest BCUT2D eigenvalue weighted by molar-refractivity contribution is -0.0821. The number of aromatic nitrogens is 2. The molecule has 6 rings (SSSR count). The molecule has 1 aliphatic heterocycles. The van der Waals surface area contributed by atoms with Crippen LogP contribution >= 0.6 is 22.9 Å². The third kappa shape index (κ3) is 6.53. The van der Waals surface area contributed by atoms with E-state index in [0.717, 1.165) is 86.2 Å². The second-order valence-electron chi connectivity index (χ2n) is 12.5. The smallest absolute Gasteiger partial charge is 0.129 e. The number of halogens is 1. The summed E-state index contributed by atoms with van der Waals surface area (Å²) in [6.07, 6.45) is 1.42. The highest BCUT2D eigenvalue weighted by molar-refractivity contribution is 7.22. The Bertz CT molecular complexity index is 1770. The van der Waals surface area contributed by atoms with Gasteiger partial charge in [0.25, 0.3) is 0 Å². The molecule has 3 heterocycles. The van der Waals surface area contributed by atoms with E-state index < -0.39 is 11.7 Å². The maximum atomic E-state index is 10.5. The lowest BCUT2D eigenvalue weighted by Gasteiger charge is -2.33. The van der Waals surface area contributed by atoms with Crippen molar-refractivity contribution in [1.82, 2.24) is 14.9 Å². The van der Waals surface area contributed by atoms with Crippen LogP contribution in [-0.2, 0) is 4.74 Å². The molecule has 2 aromatic heterocycles. The van der Waals surface area contributed by atoms with Gasteiger partial charge in [0.1, 0.15) is 16.9 Å². The molecule has 1 fully saturated rings. The zero-order valence-electron chi connectivity index (χ0n) is 26.0. The number of aryl methyl sites for hydroxylation is 1. The number of thiazole rings is 1. The molecule has 0 amide bonds. The number of fused-ring (bicyclic) bond motifs is 1. The number of hydrogen-bond acceptors (Lipinski definition) is 7. The summed E-state index contributed by atoms with van der Waals surface area (Å²) >= 11 is 7.96. The van der Waals surface area contributed by atoms with E-state index in [1.165, 1.54) is 0 Å². The molecule has 0 bridgehead atoms. The fourth-order valence-corrected chi connectivity index (χ4v) is 7.15. The largest absolute Gasteiger partial charge is 0.393 e. The van der Waals surface area contributed by atoms with Gasteiger partial charge in [0.15, 0.2) is 0 Å². The van der Waals surface area contributed by atoms with Crippen LogP contribution in [0.3, 0.4) is 0 Å². The molecule has 0 spiro atoms. The lowest BCUT2D eigenvalue weighted by atomic mass is 9.91. The second kappa shape index (κ2) is 12.6. The minimum absolute atomic E-state index is 0.125. The van der Waals surface area contributed by atoms with Crippen LogP contribution in [0.15, 0.2) is 72.9 Å². The van der Waals surface area contributed by atoms with Gasteiger partial charge >= 0.3 is 0 Å². The van der Waals surface area contributed by atoms with Crippen LogP contribution in [-0.4, -0.2) is 65.4 Å². The summed E-state index contributed by atoms with van der Waals surface area (Å²) in [6.45, 7) is 12.0. The average Bonchev–Trinajstić information content (AvgIpc) is 3.43.